The molecular weight excluding hydrogens is 180 g/mol. The minimum absolute atomic E-state index is 0.512. The van der Waals surface area contributed by atoms with Gasteiger partial charge in [0.25, 0.3) is 0 Å². The van der Waals surface area contributed by atoms with Gasteiger partial charge in [-0.05, 0) is 31.6 Å². The molecule has 15 heavy (non-hydrogen) atoms. The van der Waals surface area contributed by atoms with E-state index in [1.54, 1.807) is 0 Å². The van der Waals surface area contributed by atoms with E-state index in [9.17, 15) is 0 Å². The van der Waals surface area contributed by atoms with Crippen LogP contribution in [0.1, 0.15) is 66.2 Å². The predicted molar refractivity (Wildman–Crippen MR) is 71.1 cm³/mol. The van der Waals surface area contributed by atoms with Crippen molar-refractivity contribution in [2.45, 2.75) is 66.2 Å². The lowest BCUT2D eigenvalue weighted by Gasteiger charge is -2.28. The minimum atomic E-state index is 0.512. The van der Waals surface area contributed by atoms with Crippen LogP contribution in [0.2, 0.25) is 0 Å². The second-order valence-electron chi connectivity index (χ2n) is 5.02. The molecule has 88 valence electrons. The number of unbranched alkanes of at least 4 members (excludes halogenated alkanes) is 1. The summed E-state index contributed by atoms with van der Waals surface area (Å²) in [6.45, 7) is 13.0. The highest BCUT2D eigenvalue weighted by molar-refractivity contribution is 5.04. The van der Waals surface area contributed by atoms with Crippen molar-refractivity contribution in [2.75, 3.05) is 0 Å². The third-order valence-corrected chi connectivity index (χ3v) is 3.33. The highest BCUT2D eigenvalue weighted by Gasteiger charge is 2.21. The zero-order chi connectivity index (χ0) is 11.7. The quantitative estimate of drug-likeness (QED) is 0.462. The van der Waals surface area contributed by atoms with Crippen molar-refractivity contribution in [3.05, 3.63) is 24.3 Å². The molecule has 0 saturated heterocycles. The van der Waals surface area contributed by atoms with Gasteiger partial charge in [-0.15, -0.1) is 6.58 Å². The fourth-order valence-corrected chi connectivity index (χ4v) is 2.02. The molecule has 0 aromatic rings. The van der Waals surface area contributed by atoms with Crippen molar-refractivity contribution >= 4 is 0 Å². The second kappa shape index (κ2) is 7.73. The first-order valence-electron chi connectivity index (χ1n) is 6.34. The summed E-state index contributed by atoms with van der Waals surface area (Å²) in [5.74, 6) is 0. The predicted octanol–water partition coefficient (Wildman–Crippen LogP) is 5.51. The molecule has 1 unspecified atom stereocenters. The summed E-state index contributed by atoms with van der Waals surface area (Å²) in [7, 11) is 0. The summed E-state index contributed by atoms with van der Waals surface area (Å²) in [6.07, 6.45) is 11.9. The average molecular weight is 208 g/mol. The fourth-order valence-electron chi connectivity index (χ4n) is 2.02. The molecule has 0 fully saturated rings. The van der Waals surface area contributed by atoms with Gasteiger partial charge in [0.2, 0.25) is 0 Å². The Kier molecular flexibility index (Phi) is 7.46. The van der Waals surface area contributed by atoms with Crippen LogP contribution in [0.15, 0.2) is 24.3 Å². The first kappa shape index (κ1) is 14.5. The summed E-state index contributed by atoms with van der Waals surface area (Å²) in [4.78, 5) is 0. The van der Waals surface area contributed by atoms with Gasteiger partial charge in [0.1, 0.15) is 0 Å². The molecule has 0 bridgehead atoms. The molecule has 0 heteroatoms. The molecule has 0 aromatic carbocycles. The maximum absolute atomic E-state index is 3.75. The summed E-state index contributed by atoms with van der Waals surface area (Å²) < 4.78 is 0. The Bertz CT molecular complexity index is 200. The number of hydrogen-bond donors (Lipinski definition) is 0. The lowest BCUT2D eigenvalue weighted by atomic mass is 9.77. The molecule has 0 amide bonds. The Hall–Kier alpha value is -0.520. The first-order valence-corrected chi connectivity index (χ1v) is 6.34. The normalized spacial score (nSPS) is 16.1. The van der Waals surface area contributed by atoms with Crippen LogP contribution >= 0.6 is 0 Å². The van der Waals surface area contributed by atoms with Crippen LogP contribution in [0.3, 0.4) is 0 Å². The Labute approximate surface area is 96.5 Å². The van der Waals surface area contributed by atoms with Crippen LogP contribution in [0.4, 0.5) is 0 Å². The third-order valence-electron chi connectivity index (χ3n) is 3.33. The summed E-state index contributed by atoms with van der Waals surface area (Å²) >= 11 is 0. The van der Waals surface area contributed by atoms with Gasteiger partial charge < -0.3 is 0 Å². The van der Waals surface area contributed by atoms with Gasteiger partial charge in [-0.25, -0.2) is 0 Å². The molecule has 0 aromatic heterocycles. The zero-order valence-electron chi connectivity index (χ0n) is 11.1. The van der Waals surface area contributed by atoms with Crippen LogP contribution < -0.4 is 0 Å². The van der Waals surface area contributed by atoms with Crippen molar-refractivity contribution in [1.29, 1.82) is 0 Å². The highest BCUT2D eigenvalue weighted by Crippen LogP contribution is 2.34. The maximum Gasteiger partial charge on any atom is -0.0169 e. The second-order valence-corrected chi connectivity index (χ2v) is 5.02. The van der Waals surface area contributed by atoms with Gasteiger partial charge in [0.15, 0.2) is 0 Å². The van der Waals surface area contributed by atoms with Gasteiger partial charge >= 0.3 is 0 Å². The molecule has 1 atom stereocenters. The van der Waals surface area contributed by atoms with Crippen LogP contribution in [0.25, 0.3) is 0 Å². The standard InChI is InChI=1S/C15H28/c1-6-9-11-14(4)13-15(5,8-3)12-10-7-2/h6,11H,1,7-10,12-13H2,2-5H3. The van der Waals surface area contributed by atoms with Crippen molar-refractivity contribution in [3.63, 3.8) is 0 Å². The Morgan fingerprint density at radius 3 is 2.47 bits per heavy atom. The summed E-state index contributed by atoms with van der Waals surface area (Å²) in [6, 6.07) is 0. The lowest BCUT2D eigenvalue weighted by Crippen LogP contribution is -2.15. The Morgan fingerprint density at radius 1 is 1.33 bits per heavy atom. The molecule has 0 aliphatic heterocycles. The zero-order valence-corrected chi connectivity index (χ0v) is 11.1. The first-order chi connectivity index (χ1) is 7.08. The van der Waals surface area contributed by atoms with Crippen molar-refractivity contribution in [3.8, 4) is 0 Å². The number of hydrogen-bond acceptors (Lipinski definition) is 0. The van der Waals surface area contributed by atoms with E-state index in [1.165, 1.54) is 37.7 Å². The molecule has 0 N–H and O–H groups in total. The topological polar surface area (TPSA) is 0 Å². The van der Waals surface area contributed by atoms with Gasteiger partial charge in [0, 0.05) is 0 Å². The molecule has 0 heterocycles. The van der Waals surface area contributed by atoms with Crippen LogP contribution in [0.5, 0.6) is 0 Å². The van der Waals surface area contributed by atoms with E-state index in [1.807, 2.05) is 6.08 Å². The average Bonchev–Trinajstić information content (AvgIpc) is 2.23. The van der Waals surface area contributed by atoms with E-state index in [-0.39, 0.29) is 0 Å². The van der Waals surface area contributed by atoms with E-state index < -0.39 is 0 Å². The van der Waals surface area contributed by atoms with E-state index >= 15 is 0 Å². The van der Waals surface area contributed by atoms with Crippen molar-refractivity contribution in [1.82, 2.24) is 0 Å². The van der Waals surface area contributed by atoms with E-state index in [4.69, 9.17) is 0 Å². The van der Waals surface area contributed by atoms with Gasteiger partial charge in [-0.3, -0.25) is 0 Å². The van der Waals surface area contributed by atoms with E-state index in [0.717, 1.165) is 6.42 Å². The fraction of sp³-hybridized carbons (Fsp3) is 0.733. The lowest BCUT2D eigenvalue weighted by molar-refractivity contribution is 0.273. The smallest absolute Gasteiger partial charge is 0.0169 e. The molecular formula is C15H28. The monoisotopic (exact) mass is 208 g/mol. The van der Waals surface area contributed by atoms with Crippen molar-refractivity contribution < 1.29 is 0 Å². The number of allylic oxidation sites excluding steroid dienone is 3. The summed E-state index contributed by atoms with van der Waals surface area (Å²) in [5, 5.41) is 0. The highest BCUT2D eigenvalue weighted by atomic mass is 14.3. The molecule has 0 aliphatic carbocycles. The van der Waals surface area contributed by atoms with Gasteiger partial charge in [0.05, 0.1) is 0 Å². The molecule has 0 nitrogen and oxygen atoms in total. The SMILES string of the molecule is C=CCC=C(C)CC(C)(CC)CCCC. The Morgan fingerprint density at radius 2 is 2.00 bits per heavy atom. The van der Waals surface area contributed by atoms with Crippen LogP contribution in [0, 0.1) is 5.41 Å². The maximum atomic E-state index is 3.75. The van der Waals surface area contributed by atoms with Crippen molar-refractivity contribution in [2.24, 2.45) is 5.41 Å². The minimum Gasteiger partial charge on any atom is -0.103 e. The number of rotatable bonds is 8. The van der Waals surface area contributed by atoms with E-state index in [2.05, 4.69) is 40.3 Å². The third kappa shape index (κ3) is 6.54. The van der Waals surface area contributed by atoms with Gasteiger partial charge in [-0.2, -0.15) is 0 Å². The molecule has 0 spiro atoms. The van der Waals surface area contributed by atoms with Crippen LogP contribution in [-0.2, 0) is 0 Å². The molecule has 0 radical (unpaired) electrons. The molecule has 0 saturated carbocycles. The molecule has 0 rings (SSSR count). The van der Waals surface area contributed by atoms with Crippen LogP contribution in [-0.4, -0.2) is 0 Å². The largest absolute Gasteiger partial charge is 0.103 e. The van der Waals surface area contributed by atoms with E-state index in [0.29, 0.717) is 5.41 Å². The van der Waals surface area contributed by atoms with Gasteiger partial charge in [-0.1, -0.05) is 57.8 Å². The molecule has 0 aliphatic rings. The summed E-state index contributed by atoms with van der Waals surface area (Å²) in [5.41, 5.74) is 2.04. The Balaban J connectivity index is 4.22.